The molecule has 2 aliphatic heterocycles. The van der Waals surface area contributed by atoms with Gasteiger partial charge in [0.05, 0.1) is 20.8 Å². The van der Waals surface area contributed by atoms with Gasteiger partial charge in [-0.15, -0.1) is 0 Å². The number of hydrogen-bond donors (Lipinski definition) is 1. The Kier molecular flexibility index (Phi) is 5.14. The quantitative estimate of drug-likeness (QED) is 0.674. The Balaban J connectivity index is 1.65. The molecule has 0 saturated carbocycles. The van der Waals surface area contributed by atoms with Gasteiger partial charge in [0.15, 0.2) is 17.5 Å². The molecule has 1 aromatic carbocycles. The van der Waals surface area contributed by atoms with Crippen LogP contribution in [0.15, 0.2) is 23.2 Å². The number of likely N-dealkylation sites (tertiary alicyclic amines) is 1. The Labute approximate surface area is 143 Å². The van der Waals surface area contributed by atoms with E-state index in [4.69, 9.17) is 14.2 Å². The van der Waals surface area contributed by atoms with E-state index in [9.17, 15) is 0 Å². The summed E-state index contributed by atoms with van der Waals surface area (Å²) in [4.78, 5) is 6.79. The highest BCUT2D eigenvalue weighted by Crippen LogP contribution is 2.38. The van der Waals surface area contributed by atoms with Crippen molar-refractivity contribution in [3.63, 3.8) is 0 Å². The van der Waals surface area contributed by atoms with Gasteiger partial charge in [0.1, 0.15) is 0 Å². The third-order valence-corrected chi connectivity index (χ3v) is 5.06. The smallest absolute Gasteiger partial charge is 0.193 e. The minimum absolute atomic E-state index is 0.325. The maximum absolute atomic E-state index is 5.61. The molecule has 24 heavy (non-hydrogen) atoms. The zero-order valence-electron chi connectivity index (χ0n) is 14.8. The van der Waals surface area contributed by atoms with Crippen molar-refractivity contribution >= 4 is 5.96 Å². The van der Waals surface area contributed by atoms with Crippen molar-refractivity contribution in [3.05, 3.63) is 23.8 Å². The van der Waals surface area contributed by atoms with Gasteiger partial charge in [0.25, 0.3) is 0 Å². The normalized spacial score (nSPS) is 23.8. The first-order chi connectivity index (χ1) is 11.7. The van der Waals surface area contributed by atoms with E-state index in [2.05, 4.69) is 15.2 Å². The number of nitrogens with zero attached hydrogens (tertiary/aromatic N) is 2. The van der Waals surface area contributed by atoms with Crippen molar-refractivity contribution in [2.45, 2.75) is 19.4 Å². The van der Waals surface area contributed by atoms with Crippen LogP contribution in [-0.4, -0.2) is 58.4 Å². The number of rotatable bonds is 4. The van der Waals surface area contributed by atoms with Crippen molar-refractivity contribution in [3.8, 4) is 11.5 Å². The molecule has 0 amide bonds. The van der Waals surface area contributed by atoms with Crippen LogP contribution in [0.3, 0.4) is 0 Å². The Morgan fingerprint density at radius 3 is 2.88 bits per heavy atom. The lowest BCUT2D eigenvalue weighted by molar-refractivity contribution is 0.156. The summed E-state index contributed by atoms with van der Waals surface area (Å²) in [5.74, 6) is 2.45. The van der Waals surface area contributed by atoms with E-state index in [1.165, 1.54) is 6.42 Å². The van der Waals surface area contributed by atoms with Gasteiger partial charge in [-0.1, -0.05) is 12.1 Å². The molecule has 6 nitrogen and oxygen atoms in total. The van der Waals surface area contributed by atoms with Gasteiger partial charge in [-0.2, -0.15) is 0 Å². The lowest BCUT2D eigenvalue weighted by Gasteiger charge is -2.25. The number of methoxy groups -OCH3 is 2. The SMILES string of the molecule is CN=C(NCc1cccc(OC)c1OC)N1CCC2(CCOC2)C1. The van der Waals surface area contributed by atoms with E-state index in [-0.39, 0.29) is 0 Å². The van der Waals surface area contributed by atoms with Gasteiger partial charge < -0.3 is 24.4 Å². The molecular weight excluding hydrogens is 306 g/mol. The first-order valence-electron chi connectivity index (χ1n) is 8.44. The Morgan fingerprint density at radius 2 is 2.21 bits per heavy atom. The number of guanidine groups is 1. The average Bonchev–Trinajstić information content (AvgIpc) is 3.25. The molecule has 2 aliphatic rings. The Bertz CT molecular complexity index is 597. The summed E-state index contributed by atoms with van der Waals surface area (Å²) in [5.41, 5.74) is 1.38. The monoisotopic (exact) mass is 333 g/mol. The predicted molar refractivity (Wildman–Crippen MR) is 93.8 cm³/mol. The van der Waals surface area contributed by atoms with Crippen molar-refractivity contribution in [1.29, 1.82) is 0 Å². The van der Waals surface area contributed by atoms with Crippen molar-refractivity contribution < 1.29 is 14.2 Å². The molecule has 0 bridgehead atoms. The molecule has 1 spiro atoms. The Morgan fingerprint density at radius 1 is 1.33 bits per heavy atom. The molecule has 6 heteroatoms. The van der Waals surface area contributed by atoms with Gasteiger partial charge in [0, 0.05) is 44.3 Å². The summed E-state index contributed by atoms with van der Waals surface area (Å²) in [5, 5.41) is 3.46. The first kappa shape index (κ1) is 16.9. The molecule has 0 aliphatic carbocycles. The molecule has 2 saturated heterocycles. The average molecular weight is 333 g/mol. The van der Waals surface area contributed by atoms with Crippen molar-refractivity contribution in [1.82, 2.24) is 10.2 Å². The number of ether oxygens (including phenoxy) is 3. The molecule has 0 aromatic heterocycles. The van der Waals surface area contributed by atoms with Gasteiger partial charge in [-0.3, -0.25) is 4.99 Å². The number of nitrogens with one attached hydrogen (secondary N) is 1. The largest absolute Gasteiger partial charge is 0.493 e. The van der Waals surface area contributed by atoms with E-state index < -0.39 is 0 Å². The fourth-order valence-corrected chi connectivity index (χ4v) is 3.69. The summed E-state index contributed by atoms with van der Waals surface area (Å²) in [6.45, 7) is 4.46. The number of benzene rings is 1. The van der Waals surface area contributed by atoms with Crippen LogP contribution in [0.4, 0.5) is 0 Å². The zero-order chi connectivity index (χ0) is 17.0. The number of aliphatic imine (C=N–C) groups is 1. The fraction of sp³-hybridized carbons (Fsp3) is 0.611. The third kappa shape index (κ3) is 3.29. The van der Waals surface area contributed by atoms with Crippen LogP contribution in [0.1, 0.15) is 18.4 Å². The second-order valence-corrected chi connectivity index (χ2v) is 6.53. The lowest BCUT2D eigenvalue weighted by atomic mass is 9.87. The molecule has 132 valence electrons. The third-order valence-electron chi connectivity index (χ3n) is 5.06. The van der Waals surface area contributed by atoms with Gasteiger partial charge in [0.2, 0.25) is 0 Å². The highest BCUT2D eigenvalue weighted by Gasteiger charge is 2.42. The van der Waals surface area contributed by atoms with Crippen LogP contribution in [0, 0.1) is 5.41 Å². The highest BCUT2D eigenvalue weighted by molar-refractivity contribution is 5.80. The second kappa shape index (κ2) is 7.30. The van der Waals surface area contributed by atoms with Crippen molar-refractivity contribution in [2.75, 3.05) is 47.6 Å². The number of para-hydroxylation sites is 1. The molecule has 0 radical (unpaired) electrons. The maximum atomic E-state index is 5.61. The molecule has 1 N–H and O–H groups in total. The predicted octanol–water partition coefficient (Wildman–Crippen LogP) is 1.89. The summed E-state index contributed by atoms with van der Waals surface area (Å²) >= 11 is 0. The summed E-state index contributed by atoms with van der Waals surface area (Å²) in [6, 6.07) is 5.92. The van der Waals surface area contributed by atoms with E-state index in [1.807, 2.05) is 25.2 Å². The molecule has 1 atom stereocenters. The zero-order valence-corrected chi connectivity index (χ0v) is 14.8. The van der Waals surface area contributed by atoms with E-state index in [0.29, 0.717) is 12.0 Å². The summed E-state index contributed by atoms with van der Waals surface area (Å²) < 4.78 is 16.5. The minimum atomic E-state index is 0.325. The molecule has 2 heterocycles. The van der Waals surface area contributed by atoms with Crippen LogP contribution in [0.5, 0.6) is 11.5 Å². The Hall–Kier alpha value is -1.95. The van der Waals surface area contributed by atoms with E-state index >= 15 is 0 Å². The van der Waals surface area contributed by atoms with Crippen LogP contribution >= 0.6 is 0 Å². The highest BCUT2D eigenvalue weighted by atomic mass is 16.5. The van der Waals surface area contributed by atoms with Crippen molar-refractivity contribution in [2.24, 2.45) is 10.4 Å². The lowest BCUT2D eigenvalue weighted by Crippen LogP contribution is -2.41. The summed E-state index contributed by atoms with van der Waals surface area (Å²) in [6.07, 6.45) is 2.33. The molecule has 2 fully saturated rings. The van der Waals surface area contributed by atoms with Gasteiger partial charge in [-0.25, -0.2) is 0 Å². The fourth-order valence-electron chi connectivity index (χ4n) is 3.69. The van der Waals surface area contributed by atoms with Crippen LogP contribution < -0.4 is 14.8 Å². The number of hydrogen-bond acceptors (Lipinski definition) is 4. The van der Waals surface area contributed by atoms with Gasteiger partial charge in [-0.05, 0) is 18.9 Å². The first-order valence-corrected chi connectivity index (χ1v) is 8.44. The molecular formula is C18H27N3O3. The second-order valence-electron chi connectivity index (χ2n) is 6.53. The molecule has 3 rings (SSSR count). The molecule has 1 aromatic rings. The minimum Gasteiger partial charge on any atom is -0.493 e. The van der Waals surface area contributed by atoms with Crippen LogP contribution in [0.2, 0.25) is 0 Å². The standard InChI is InChI=1S/C18H27N3O3/c1-19-17(21-9-7-18(12-21)8-10-24-13-18)20-11-14-5-4-6-15(22-2)16(14)23-3/h4-6H,7-13H2,1-3H3,(H,19,20). The van der Waals surface area contributed by atoms with Crippen LogP contribution in [0.25, 0.3) is 0 Å². The van der Waals surface area contributed by atoms with E-state index in [0.717, 1.165) is 55.7 Å². The molecule has 1 unspecified atom stereocenters. The van der Waals surface area contributed by atoms with Gasteiger partial charge >= 0.3 is 0 Å². The van der Waals surface area contributed by atoms with E-state index in [1.54, 1.807) is 14.2 Å². The van der Waals surface area contributed by atoms with Crippen LogP contribution in [-0.2, 0) is 11.3 Å². The summed E-state index contributed by atoms with van der Waals surface area (Å²) in [7, 11) is 5.16. The topological polar surface area (TPSA) is 55.3 Å². The maximum Gasteiger partial charge on any atom is 0.193 e.